The Morgan fingerprint density at radius 3 is 2.72 bits per heavy atom. The minimum atomic E-state index is 0.222. The number of aromatic nitrogens is 1. The molecule has 3 heteroatoms. The van der Waals surface area contributed by atoms with Crippen LogP contribution < -0.4 is 0 Å². The van der Waals surface area contributed by atoms with E-state index in [2.05, 4.69) is 11.1 Å². The SMILES string of the molecule is Cc1nc2ccccc2cc1CC(=O)CN(C)C. The summed E-state index contributed by atoms with van der Waals surface area (Å²) in [6.07, 6.45) is 0.460. The van der Waals surface area contributed by atoms with Crippen LogP contribution in [0.2, 0.25) is 0 Å². The molecule has 0 fully saturated rings. The zero-order valence-electron chi connectivity index (χ0n) is 11.1. The number of Topliss-reactive ketones (excluding diaryl/α,β-unsaturated/α-hetero) is 1. The number of rotatable bonds is 4. The molecule has 18 heavy (non-hydrogen) atoms. The fourth-order valence-electron chi connectivity index (χ4n) is 2.06. The van der Waals surface area contributed by atoms with E-state index in [-0.39, 0.29) is 5.78 Å². The topological polar surface area (TPSA) is 33.2 Å². The monoisotopic (exact) mass is 242 g/mol. The van der Waals surface area contributed by atoms with Crippen LogP contribution in [0.15, 0.2) is 30.3 Å². The van der Waals surface area contributed by atoms with Crippen LogP contribution in [0.3, 0.4) is 0 Å². The van der Waals surface area contributed by atoms with E-state index in [9.17, 15) is 4.79 Å². The van der Waals surface area contributed by atoms with Gasteiger partial charge in [0.25, 0.3) is 0 Å². The highest BCUT2D eigenvalue weighted by Gasteiger charge is 2.09. The van der Waals surface area contributed by atoms with E-state index in [0.29, 0.717) is 13.0 Å². The Hall–Kier alpha value is -1.74. The van der Waals surface area contributed by atoms with Crippen LogP contribution in [-0.2, 0) is 11.2 Å². The molecule has 0 saturated heterocycles. The summed E-state index contributed by atoms with van der Waals surface area (Å²) in [4.78, 5) is 18.3. The number of fused-ring (bicyclic) bond motifs is 1. The molecule has 3 nitrogen and oxygen atoms in total. The van der Waals surface area contributed by atoms with Crippen LogP contribution >= 0.6 is 0 Å². The second kappa shape index (κ2) is 5.27. The van der Waals surface area contributed by atoms with Gasteiger partial charge in [-0.3, -0.25) is 9.78 Å². The molecule has 1 aromatic carbocycles. The molecule has 2 aromatic rings. The molecule has 0 aliphatic heterocycles. The van der Waals surface area contributed by atoms with Gasteiger partial charge >= 0.3 is 0 Å². The van der Waals surface area contributed by atoms with Crippen LogP contribution in [0.4, 0.5) is 0 Å². The average Bonchev–Trinajstić information content (AvgIpc) is 2.29. The number of para-hydroxylation sites is 1. The van der Waals surface area contributed by atoms with Gasteiger partial charge in [-0.15, -0.1) is 0 Å². The quantitative estimate of drug-likeness (QED) is 0.824. The summed E-state index contributed by atoms with van der Waals surface area (Å²) >= 11 is 0. The number of likely N-dealkylation sites (N-methyl/N-ethyl adjacent to an activating group) is 1. The highest BCUT2D eigenvalue weighted by Crippen LogP contribution is 2.16. The maximum atomic E-state index is 11.8. The van der Waals surface area contributed by atoms with E-state index in [4.69, 9.17) is 0 Å². The smallest absolute Gasteiger partial charge is 0.151 e. The lowest BCUT2D eigenvalue weighted by atomic mass is 10.0. The van der Waals surface area contributed by atoms with Gasteiger partial charge in [0.1, 0.15) is 0 Å². The number of carbonyl (C=O) groups is 1. The molecule has 0 atom stereocenters. The van der Waals surface area contributed by atoms with Crippen molar-refractivity contribution in [3.63, 3.8) is 0 Å². The molecular formula is C15H18N2O. The van der Waals surface area contributed by atoms with Crippen LogP contribution in [0.5, 0.6) is 0 Å². The molecule has 0 saturated carbocycles. The third-order valence-corrected chi connectivity index (χ3v) is 2.90. The van der Waals surface area contributed by atoms with Gasteiger partial charge in [-0.25, -0.2) is 0 Å². The zero-order valence-corrected chi connectivity index (χ0v) is 11.1. The van der Waals surface area contributed by atoms with E-state index in [1.54, 1.807) is 0 Å². The van der Waals surface area contributed by atoms with Crippen LogP contribution in [0.25, 0.3) is 10.9 Å². The number of hydrogen-bond donors (Lipinski definition) is 0. The van der Waals surface area contributed by atoms with Crippen molar-refractivity contribution in [1.29, 1.82) is 0 Å². The molecule has 2 rings (SSSR count). The molecule has 0 N–H and O–H groups in total. The molecule has 0 aliphatic rings. The first-order chi connectivity index (χ1) is 8.56. The van der Waals surface area contributed by atoms with E-state index < -0.39 is 0 Å². The van der Waals surface area contributed by atoms with E-state index in [1.807, 2.05) is 50.2 Å². The molecule has 0 radical (unpaired) electrons. The highest BCUT2D eigenvalue weighted by molar-refractivity contribution is 5.85. The largest absolute Gasteiger partial charge is 0.302 e. The summed E-state index contributed by atoms with van der Waals surface area (Å²) < 4.78 is 0. The minimum Gasteiger partial charge on any atom is -0.302 e. The lowest BCUT2D eigenvalue weighted by molar-refractivity contribution is -0.119. The first-order valence-electron chi connectivity index (χ1n) is 6.08. The van der Waals surface area contributed by atoms with Gasteiger partial charge in [-0.05, 0) is 38.7 Å². The van der Waals surface area contributed by atoms with Crippen LogP contribution in [0.1, 0.15) is 11.3 Å². The van der Waals surface area contributed by atoms with Crippen molar-refractivity contribution < 1.29 is 4.79 Å². The molecule has 0 amide bonds. The Balaban J connectivity index is 2.28. The third kappa shape index (κ3) is 2.93. The highest BCUT2D eigenvalue weighted by atomic mass is 16.1. The minimum absolute atomic E-state index is 0.222. The molecule has 0 aliphatic carbocycles. The zero-order chi connectivity index (χ0) is 13.1. The average molecular weight is 242 g/mol. The van der Waals surface area contributed by atoms with Gasteiger partial charge in [0.15, 0.2) is 5.78 Å². The van der Waals surface area contributed by atoms with Crippen LogP contribution in [-0.4, -0.2) is 36.3 Å². The van der Waals surface area contributed by atoms with Gasteiger partial charge in [-0.2, -0.15) is 0 Å². The number of aryl methyl sites for hydroxylation is 1. The third-order valence-electron chi connectivity index (χ3n) is 2.90. The maximum Gasteiger partial charge on any atom is 0.151 e. The van der Waals surface area contributed by atoms with Gasteiger partial charge in [-0.1, -0.05) is 18.2 Å². The molecule has 1 heterocycles. The fourth-order valence-corrected chi connectivity index (χ4v) is 2.06. The van der Waals surface area contributed by atoms with Crippen molar-refractivity contribution in [2.24, 2.45) is 0 Å². The summed E-state index contributed by atoms with van der Waals surface area (Å²) in [7, 11) is 3.81. The molecule has 94 valence electrons. The Labute approximate surface area is 107 Å². The van der Waals surface area contributed by atoms with Crippen molar-refractivity contribution >= 4 is 16.7 Å². The summed E-state index contributed by atoms with van der Waals surface area (Å²) in [5.74, 6) is 0.222. The Morgan fingerprint density at radius 2 is 2.00 bits per heavy atom. The lowest BCUT2D eigenvalue weighted by Gasteiger charge is -2.10. The normalized spacial score (nSPS) is 11.1. The second-order valence-corrected chi connectivity index (χ2v) is 4.88. The lowest BCUT2D eigenvalue weighted by Crippen LogP contribution is -2.23. The predicted molar refractivity (Wildman–Crippen MR) is 73.7 cm³/mol. The Bertz CT molecular complexity index is 576. The van der Waals surface area contributed by atoms with Gasteiger partial charge < -0.3 is 4.90 Å². The number of carbonyl (C=O) groups excluding carboxylic acids is 1. The predicted octanol–water partition coefficient (Wildman–Crippen LogP) is 2.22. The summed E-state index contributed by atoms with van der Waals surface area (Å²) in [5, 5.41) is 1.09. The van der Waals surface area contributed by atoms with E-state index in [1.165, 1.54) is 0 Å². The Kier molecular flexibility index (Phi) is 3.72. The van der Waals surface area contributed by atoms with Crippen LogP contribution in [0, 0.1) is 6.92 Å². The second-order valence-electron chi connectivity index (χ2n) is 4.88. The number of hydrogen-bond acceptors (Lipinski definition) is 3. The van der Waals surface area contributed by atoms with Crippen molar-refractivity contribution in [3.05, 3.63) is 41.6 Å². The number of benzene rings is 1. The Morgan fingerprint density at radius 1 is 1.28 bits per heavy atom. The van der Waals surface area contributed by atoms with Crippen molar-refractivity contribution in [2.45, 2.75) is 13.3 Å². The van der Waals surface area contributed by atoms with E-state index >= 15 is 0 Å². The number of ketones is 1. The number of pyridine rings is 1. The molecule has 1 aromatic heterocycles. The maximum absolute atomic E-state index is 11.8. The molecule has 0 bridgehead atoms. The fraction of sp³-hybridized carbons (Fsp3) is 0.333. The van der Waals surface area contributed by atoms with Crippen molar-refractivity contribution in [2.75, 3.05) is 20.6 Å². The first-order valence-corrected chi connectivity index (χ1v) is 6.08. The van der Waals surface area contributed by atoms with Crippen molar-refractivity contribution in [3.8, 4) is 0 Å². The summed E-state index contributed by atoms with van der Waals surface area (Å²) in [6, 6.07) is 10.1. The van der Waals surface area contributed by atoms with Gasteiger partial charge in [0.05, 0.1) is 12.1 Å². The molecular weight excluding hydrogens is 224 g/mol. The standard InChI is InChI=1S/C15H18N2O/c1-11-13(9-14(18)10-17(2)3)8-12-6-4-5-7-15(12)16-11/h4-8H,9-10H2,1-3H3. The molecule has 0 spiro atoms. The van der Waals surface area contributed by atoms with Gasteiger partial charge in [0.2, 0.25) is 0 Å². The summed E-state index contributed by atoms with van der Waals surface area (Å²) in [6.45, 7) is 2.44. The summed E-state index contributed by atoms with van der Waals surface area (Å²) in [5.41, 5.74) is 2.96. The first kappa shape index (κ1) is 12.7. The molecule has 0 unspecified atom stereocenters. The number of nitrogens with zero attached hydrogens (tertiary/aromatic N) is 2. The van der Waals surface area contributed by atoms with E-state index in [0.717, 1.165) is 22.2 Å². The van der Waals surface area contributed by atoms with Crippen molar-refractivity contribution in [1.82, 2.24) is 9.88 Å². The van der Waals surface area contributed by atoms with Gasteiger partial charge in [0, 0.05) is 17.5 Å².